The SMILES string of the molecule is CC(O)CN(C)C(=O)C1CCOc2ccccc21. The Hall–Kier alpha value is -1.55. The fourth-order valence-corrected chi connectivity index (χ4v) is 2.35. The second-order valence-electron chi connectivity index (χ2n) is 4.80. The number of hydrogen-bond donors (Lipinski definition) is 1. The lowest BCUT2D eigenvalue weighted by Crippen LogP contribution is -2.38. The van der Waals surface area contributed by atoms with Crippen molar-refractivity contribution in [3.63, 3.8) is 0 Å². The second kappa shape index (κ2) is 5.40. The molecule has 0 radical (unpaired) electrons. The molecule has 0 aliphatic carbocycles. The number of benzene rings is 1. The molecule has 1 amide bonds. The molecule has 0 aromatic heterocycles. The Kier molecular flexibility index (Phi) is 3.87. The molecule has 1 N–H and O–H groups in total. The Morgan fingerprint density at radius 2 is 2.28 bits per heavy atom. The number of aliphatic hydroxyl groups excluding tert-OH is 1. The Morgan fingerprint density at radius 3 is 3.00 bits per heavy atom. The van der Waals surface area contributed by atoms with Gasteiger partial charge in [-0.15, -0.1) is 0 Å². The van der Waals surface area contributed by atoms with E-state index in [0.29, 0.717) is 19.6 Å². The number of amides is 1. The van der Waals surface area contributed by atoms with Gasteiger partial charge < -0.3 is 14.7 Å². The van der Waals surface area contributed by atoms with Crippen molar-refractivity contribution in [2.75, 3.05) is 20.2 Å². The number of nitrogens with zero attached hydrogens (tertiary/aromatic N) is 1. The molecule has 0 bridgehead atoms. The van der Waals surface area contributed by atoms with Gasteiger partial charge in [0.15, 0.2) is 0 Å². The van der Waals surface area contributed by atoms with E-state index in [-0.39, 0.29) is 11.8 Å². The third-order valence-corrected chi connectivity index (χ3v) is 3.17. The van der Waals surface area contributed by atoms with E-state index in [4.69, 9.17) is 4.74 Å². The number of rotatable bonds is 3. The monoisotopic (exact) mass is 249 g/mol. The molecule has 1 aromatic carbocycles. The molecular formula is C14H19NO3. The summed E-state index contributed by atoms with van der Waals surface area (Å²) in [6.45, 7) is 2.61. The standard InChI is InChI=1S/C14H19NO3/c1-10(16)9-15(2)14(17)12-7-8-18-13-6-4-3-5-11(12)13/h3-6,10,12,16H,7-9H2,1-2H3. The van der Waals surface area contributed by atoms with Crippen LogP contribution in [0, 0.1) is 0 Å². The minimum atomic E-state index is -0.506. The van der Waals surface area contributed by atoms with Crippen molar-refractivity contribution < 1.29 is 14.6 Å². The summed E-state index contributed by atoms with van der Waals surface area (Å²) >= 11 is 0. The lowest BCUT2D eigenvalue weighted by Gasteiger charge is -2.29. The minimum absolute atomic E-state index is 0.0478. The van der Waals surface area contributed by atoms with Crippen LogP contribution in [0.2, 0.25) is 0 Å². The van der Waals surface area contributed by atoms with Crippen molar-refractivity contribution in [1.82, 2.24) is 4.90 Å². The van der Waals surface area contributed by atoms with E-state index in [9.17, 15) is 9.90 Å². The zero-order valence-electron chi connectivity index (χ0n) is 10.8. The third-order valence-electron chi connectivity index (χ3n) is 3.17. The van der Waals surface area contributed by atoms with Crippen LogP contribution in [-0.2, 0) is 4.79 Å². The molecule has 0 saturated carbocycles. The van der Waals surface area contributed by atoms with Crippen LogP contribution in [-0.4, -0.2) is 42.2 Å². The van der Waals surface area contributed by atoms with Gasteiger partial charge in [-0.2, -0.15) is 0 Å². The van der Waals surface area contributed by atoms with Gasteiger partial charge in [0.1, 0.15) is 5.75 Å². The maximum Gasteiger partial charge on any atom is 0.230 e. The Balaban J connectivity index is 2.17. The fourth-order valence-electron chi connectivity index (χ4n) is 2.35. The molecule has 2 atom stereocenters. The van der Waals surface area contributed by atoms with Crippen LogP contribution in [0.4, 0.5) is 0 Å². The molecule has 0 saturated heterocycles. The molecule has 0 spiro atoms. The van der Waals surface area contributed by atoms with Crippen molar-refractivity contribution in [2.24, 2.45) is 0 Å². The number of fused-ring (bicyclic) bond motifs is 1. The van der Waals surface area contributed by atoms with Crippen LogP contribution in [0.5, 0.6) is 5.75 Å². The van der Waals surface area contributed by atoms with E-state index >= 15 is 0 Å². The predicted molar refractivity (Wildman–Crippen MR) is 68.6 cm³/mol. The summed E-state index contributed by atoms with van der Waals surface area (Å²) in [5.41, 5.74) is 0.950. The van der Waals surface area contributed by atoms with Gasteiger partial charge >= 0.3 is 0 Å². The summed E-state index contributed by atoms with van der Waals surface area (Å²) in [5, 5.41) is 9.35. The van der Waals surface area contributed by atoms with Crippen LogP contribution in [0.3, 0.4) is 0 Å². The molecular weight excluding hydrogens is 230 g/mol. The molecule has 4 heteroatoms. The Morgan fingerprint density at radius 1 is 1.56 bits per heavy atom. The third kappa shape index (κ3) is 2.64. The molecule has 98 valence electrons. The Labute approximate surface area is 107 Å². The maximum atomic E-state index is 12.4. The van der Waals surface area contributed by atoms with E-state index in [1.54, 1.807) is 18.9 Å². The van der Waals surface area contributed by atoms with E-state index in [1.807, 2.05) is 24.3 Å². The van der Waals surface area contributed by atoms with Crippen LogP contribution < -0.4 is 4.74 Å². The van der Waals surface area contributed by atoms with Crippen LogP contribution in [0.25, 0.3) is 0 Å². The van der Waals surface area contributed by atoms with E-state index < -0.39 is 6.10 Å². The number of carbonyl (C=O) groups excluding carboxylic acids is 1. The fraction of sp³-hybridized carbons (Fsp3) is 0.500. The van der Waals surface area contributed by atoms with Crippen LogP contribution >= 0.6 is 0 Å². The quantitative estimate of drug-likeness (QED) is 0.880. The molecule has 4 nitrogen and oxygen atoms in total. The summed E-state index contributed by atoms with van der Waals surface area (Å²) in [6, 6.07) is 7.66. The number of hydrogen-bond acceptors (Lipinski definition) is 3. The molecule has 2 rings (SSSR count). The Bertz CT molecular complexity index is 431. The largest absolute Gasteiger partial charge is 0.493 e. The summed E-state index contributed by atoms with van der Waals surface area (Å²) in [4.78, 5) is 14.0. The van der Waals surface area contributed by atoms with Crippen LogP contribution in [0.15, 0.2) is 24.3 Å². The number of para-hydroxylation sites is 1. The zero-order chi connectivity index (χ0) is 13.1. The van der Waals surface area contributed by atoms with E-state index in [1.165, 1.54) is 0 Å². The summed E-state index contributed by atoms with van der Waals surface area (Å²) < 4.78 is 5.54. The maximum absolute atomic E-state index is 12.4. The lowest BCUT2D eigenvalue weighted by molar-refractivity contribution is -0.133. The van der Waals surface area contributed by atoms with Gasteiger partial charge in [-0.3, -0.25) is 4.79 Å². The van der Waals surface area contributed by atoms with Gasteiger partial charge in [-0.25, -0.2) is 0 Å². The van der Waals surface area contributed by atoms with Crippen molar-refractivity contribution >= 4 is 5.91 Å². The number of carbonyl (C=O) groups is 1. The highest BCUT2D eigenvalue weighted by Gasteiger charge is 2.29. The van der Waals surface area contributed by atoms with Gasteiger partial charge in [-0.1, -0.05) is 18.2 Å². The smallest absolute Gasteiger partial charge is 0.230 e. The first-order valence-corrected chi connectivity index (χ1v) is 6.24. The molecule has 1 aromatic rings. The van der Waals surface area contributed by atoms with Gasteiger partial charge in [0.2, 0.25) is 5.91 Å². The van der Waals surface area contributed by atoms with Crippen molar-refractivity contribution in [1.29, 1.82) is 0 Å². The lowest BCUT2D eigenvalue weighted by atomic mass is 9.92. The number of ether oxygens (including phenoxy) is 1. The average Bonchev–Trinajstić information content (AvgIpc) is 2.36. The first kappa shape index (κ1) is 12.9. The number of aliphatic hydroxyl groups is 1. The first-order chi connectivity index (χ1) is 8.59. The van der Waals surface area contributed by atoms with Gasteiger partial charge in [0, 0.05) is 19.2 Å². The van der Waals surface area contributed by atoms with Gasteiger partial charge in [0.05, 0.1) is 18.6 Å². The average molecular weight is 249 g/mol. The molecule has 18 heavy (non-hydrogen) atoms. The van der Waals surface area contributed by atoms with Crippen molar-refractivity contribution in [3.05, 3.63) is 29.8 Å². The van der Waals surface area contributed by atoms with E-state index in [2.05, 4.69) is 0 Å². The molecule has 2 unspecified atom stereocenters. The molecule has 0 fully saturated rings. The van der Waals surface area contributed by atoms with Crippen molar-refractivity contribution in [3.8, 4) is 5.75 Å². The highest BCUT2D eigenvalue weighted by Crippen LogP contribution is 2.34. The van der Waals surface area contributed by atoms with Crippen molar-refractivity contribution in [2.45, 2.75) is 25.4 Å². The number of likely N-dealkylation sites (N-methyl/N-ethyl adjacent to an activating group) is 1. The summed E-state index contributed by atoms with van der Waals surface area (Å²) in [5.74, 6) is 0.692. The molecule has 1 aliphatic rings. The van der Waals surface area contributed by atoms with Crippen LogP contribution in [0.1, 0.15) is 24.8 Å². The zero-order valence-corrected chi connectivity index (χ0v) is 10.8. The molecule has 1 aliphatic heterocycles. The molecule has 1 heterocycles. The highest BCUT2D eigenvalue weighted by atomic mass is 16.5. The normalized spacial score (nSPS) is 19.6. The second-order valence-corrected chi connectivity index (χ2v) is 4.80. The van der Waals surface area contributed by atoms with Gasteiger partial charge in [0.25, 0.3) is 0 Å². The topological polar surface area (TPSA) is 49.8 Å². The minimum Gasteiger partial charge on any atom is -0.493 e. The first-order valence-electron chi connectivity index (χ1n) is 6.24. The summed E-state index contributed by atoms with van der Waals surface area (Å²) in [7, 11) is 1.73. The van der Waals surface area contributed by atoms with Gasteiger partial charge in [-0.05, 0) is 19.4 Å². The highest BCUT2D eigenvalue weighted by molar-refractivity contribution is 5.84. The van der Waals surface area contributed by atoms with E-state index in [0.717, 1.165) is 11.3 Å². The predicted octanol–water partition coefficient (Wildman–Crippen LogP) is 1.39. The summed E-state index contributed by atoms with van der Waals surface area (Å²) in [6.07, 6.45) is 0.189.